The van der Waals surface area contributed by atoms with E-state index in [2.05, 4.69) is 21.3 Å². The number of likely N-dealkylation sites (tertiary alicyclic amines) is 1. The van der Waals surface area contributed by atoms with Crippen molar-refractivity contribution in [1.29, 1.82) is 0 Å². The maximum absolute atomic E-state index is 15.3. The van der Waals surface area contributed by atoms with Gasteiger partial charge in [-0.3, -0.25) is 38.5 Å². The second kappa shape index (κ2) is 17.0. The van der Waals surface area contributed by atoms with Crippen molar-refractivity contribution in [2.75, 3.05) is 13.3 Å². The standard InChI is InChI=1S/C43H50FN7O11/c1-7-43(60)27-14-31-37-25(16-51(31)41(58)26(27)17-61-42(43)59)36-29(9-8-24-21(4)28(44)15-30(49-37)35(24)36)48-33(53)13-20(3)62-18-45-38(55)22(5)47-39(56)23(6)46-32(52)10-11-50-34(54)12-19(2)40(50)57/h14-15,19-20,22-23,29,60H,7-13,16-18H2,1-6H3,(H,45,55)(H,46,52)(H,47,56)(H,48,53)/t19?,20-,22+,23+,29+,43+/m1/s1. The molecule has 0 saturated carbocycles. The molecule has 330 valence electrons. The fourth-order valence-corrected chi connectivity index (χ4v) is 8.76. The van der Waals surface area contributed by atoms with Gasteiger partial charge in [0, 0.05) is 47.9 Å². The Kier molecular flexibility index (Phi) is 12.1. The highest BCUT2D eigenvalue weighted by atomic mass is 19.1. The van der Waals surface area contributed by atoms with Gasteiger partial charge in [-0.25, -0.2) is 14.2 Å². The number of carbonyl (C=O) groups is 7. The summed E-state index contributed by atoms with van der Waals surface area (Å²) in [6.45, 7) is 8.88. The first kappa shape index (κ1) is 44.0. The second-order valence-electron chi connectivity index (χ2n) is 16.6. The highest BCUT2D eigenvalue weighted by Gasteiger charge is 2.46. The van der Waals surface area contributed by atoms with Crippen LogP contribution in [-0.4, -0.2) is 92.4 Å². The summed E-state index contributed by atoms with van der Waals surface area (Å²) in [5.74, 6) is -4.55. The van der Waals surface area contributed by atoms with E-state index in [-0.39, 0.29) is 81.0 Å². The maximum atomic E-state index is 15.3. The average molecular weight is 860 g/mol. The summed E-state index contributed by atoms with van der Waals surface area (Å²) in [5, 5.41) is 22.7. The molecule has 3 aliphatic heterocycles. The van der Waals surface area contributed by atoms with E-state index in [1.807, 2.05) is 0 Å². The number of imide groups is 1. The zero-order chi connectivity index (χ0) is 44.9. The Morgan fingerprint density at radius 3 is 2.45 bits per heavy atom. The SMILES string of the molecule is CC[C@@]1(O)C(=O)OCc2c1cc1n(c2=O)Cc2c-1nc1cc(F)c(C)c3c1c2[C@@H](NC(=O)C[C@@H](C)OCNC(=O)[C@H](C)NC(=O)[C@H](C)NC(=O)CCN1C(=O)CC(C)C1=O)CC3. The van der Waals surface area contributed by atoms with Gasteiger partial charge in [-0.05, 0) is 69.7 Å². The Balaban J connectivity index is 0.963. The number of nitrogens with one attached hydrogen (secondary N) is 4. The van der Waals surface area contributed by atoms with Crippen LogP contribution in [0.1, 0.15) is 106 Å². The van der Waals surface area contributed by atoms with Gasteiger partial charge >= 0.3 is 5.97 Å². The number of benzene rings is 1. The van der Waals surface area contributed by atoms with Crippen LogP contribution >= 0.6 is 0 Å². The molecule has 5 N–H and O–H groups in total. The lowest BCUT2D eigenvalue weighted by molar-refractivity contribution is -0.172. The third kappa shape index (κ3) is 7.94. The van der Waals surface area contributed by atoms with Crippen molar-refractivity contribution in [3.8, 4) is 11.4 Å². The zero-order valence-electron chi connectivity index (χ0n) is 35.4. The number of esters is 1. The molecule has 19 heteroatoms. The molecule has 4 aliphatic rings. The summed E-state index contributed by atoms with van der Waals surface area (Å²) >= 11 is 0. The second-order valence-corrected chi connectivity index (χ2v) is 16.6. The van der Waals surface area contributed by atoms with Crippen LogP contribution in [0.2, 0.25) is 0 Å². The van der Waals surface area contributed by atoms with Crippen molar-refractivity contribution in [2.45, 2.75) is 123 Å². The average Bonchev–Trinajstić information content (AvgIpc) is 3.71. The Hall–Kier alpha value is -6.08. The molecule has 6 amide bonds. The van der Waals surface area contributed by atoms with E-state index >= 15 is 4.39 Å². The van der Waals surface area contributed by atoms with Crippen LogP contribution in [0, 0.1) is 18.7 Å². The van der Waals surface area contributed by atoms with Crippen LogP contribution in [-0.2, 0) is 68.2 Å². The van der Waals surface area contributed by atoms with Crippen LogP contribution in [0.5, 0.6) is 0 Å². The van der Waals surface area contributed by atoms with E-state index < -0.39 is 70.8 Å². The molecule has 6 atom stereocenters. The highest BCUT2D eigenvalue weighted by molar-refractivity contribution is 6.03. The van der Waals surface area contributed by atoms with Crippen LogP contribution in [0.25, 0.3) is 22.3 Å². The largest absolute Gasteiger partial charge is 0.458 e. The maximum Gasteiger partial charge on any atom is 0.343 e. The molecule has 0 spiro atoms. The molecule has 0 bridgehead atoms. The number of rotatable bonds is 14. The molecule has 5 heterocycles. The van der Waals surface area contributed by atoms with Crippen molar-refractivity contribution < 1.29 is 52.5 Å². The molecule has 7 rings (SSSR count). The van der Waals surface area contributed by atoms with Gasteiger partial charge in [-0.15, -0.1) is 0 Å². The minimum absolute atomic E-state index is 0.0294. The number of hydrogen-bond donors (Lipinski definition) is 5. The lowest BCUT2D eigenvalue weighted by Gasteiger charge is -2.31. The number of fused-ring (bicyclic) bond motifs is 5. The van der Waals surface area contributed by atoms with E-state index in [0.29, 0.717) is 51.8 Å². The number of ether oxygens (including phenoxy) is 2. The minimum Gasteiger partial charge on any atom is -0.458 e. The van der Waals surface area contributed by atoms with Gasteiger partial charge < -0.3 is 40.4 Å². The summed E-state index contributed by atoms with van der Waals surface area (Å²) in [6, 6.07) is 0.334. The zero-order valence-corrected chi connectivity index (χ0v) is 35.4. The summed E-state index contributed by atoms with van der Waals surface area (Å²) in [6.07, 6.45) is -0.0132. The molecule has 2 aromatic heterocycles. The van der Waals surface area contributed by atoms with Crippen molar-refractivity contribution in [3.63, 3.8) is 0 Å². The van der Waals surface area contributed by atoms with Crippen molar-refractivity contribution in [3.05, 3.63) is 61.7 Å². The van der Waals surface area contributed by atoms with Gasteiger partial charge in [-0.2, -0.15) is 0 Å². The minimum atomic E-state index is -2.03. The third-order valence-electron chi connectivity index (χ3n) is 12.4. The van der Waals surface area contributed by atoms with Gasteiger partial charge in [0.15, 0.2) is 5.60 Å². The molecule has 1 aliphatic carbocycles. The lowest BCUT2D eigenvalue weighted by Crippen LogP contribution is -2.52. The number of aliphatic hydroxyl groups is 1. The molecule has 62 heavy (non-hydrogen) atoms. The Morgan fingerprint density at radius 1 is 1.03 bits per heavy atom. The Labute approximate surface area is 355 Å². The predicted molar refractivity (Wildman–Crippen MR) is 217 cm³/mol. The van der Waals surface area contributed by atoms with Crippen LogP contribution in [0.4, 0.5) is 4.39 Å². The molecular weight excluding hydrogens is 810 g/mol. The molecule has 1 unspecified atom stereocenters. The van der Waals surface area contributed by atoms with E-state index in [9.17, 15) is 43.5 Å². The number of amides is 6. The first-order chi connectivity index (χ1) is 29.3. The first-order valence-corrected chi connectivity index (χ1v) is 20.8. The first-order valence-electron chi connectivity index (χ1n) is 20.8. The fourth-order valence-electron chi connectivity index (χ4n) is 8.76. The predicted octanol–water partition coefficient (Wildman–Crippen LogP) is 1.29. The van der Waals surface area contributed by atoms with Crippen LogP contribution < -0.4 is 26.8 Å². The van der Waals surface area contributed by atoms with Gasteiger partial charge in [-0.1, -0.05) is 13.8 Å². The third-order valence-corrected chi connectivity index (χ3v) is 12.4. The van der Waals surface area contributed by atoms with E-state index in [0.717, 1.165) is 10.5 Å². The molecule has 1 saturated heterocycles. The monoisotopic (exact) mass is 859 g/mol. The van der Waals surface area contributed by atoms with Crippen LogP contribution in [0.3, 0.4) is 0 Å². The lowest BCUT2D eigenvalue weighted by atomic mass is 9.81. The smallest absolute Gasteiger partial charge is 0.343 e. The Morgan fingerprint density at radius 2 is 1.76 bits per heavy atom. The van der Waals surface area contributed by atoms with E-state index in [4.69, 9.17) is 14.5 Å². The number of cyclic esters (lactones) is 1. The number of aryl methyl sites for hydroxylation is 1. The fraction of sp³-hybridized carbons (Fsp3) is 0.512. The van der Waals surface area contributed by atoms with Gasteiger partial charge in [0.25, 0.3) is 5.56 Å². The normalized spacial score (nSPS) is 21.4. The summed E-state index contributed by atoms with van der Waals surface area (Å²) < 4.78 is 27.7. The summed E-state index contributed by atoms with van der Waals surface area (Å²) in [7, 11) is 0. The van der Waals surface area contributed by atoms with E-state index in [1.165, 1.54) is 24.5 Å². The number of carbonyl (C=O) groups excluding carboxylic acids is 7. The topological polar surface area (TPSA) is 244 Å². The molecule has 0 radical (unpaired) electrons. The number of halogens is 1. The molecule has 1 fully saturated rings. The number of pyridine rings is 2. The van der Waals surface area contributed by atoms with E-state index in [1.54, 1.807) is 33.8 Å². The number of hydrogen-bond acceptors (Lipinski definition) is 12. The summed E-state index contributed by atoms with van der Waals surface area (Å²) in [4.78, 5) is 108. The number of nitrogens with zero attached hydrogens (tertiary/aromatic N) is 3. The van der Waals surface area contributed by atoms with Crippen molar-refractivity contribution >= 4 is 52.3 Å². The van der Waals surface area contributed by atoms with Crippen LogP contribution in [0.15, 0.2) is 16.9 Å². The highest BCUT2D eigenvalue weighted by Crippen LogP contribution is 2.46. The number of aromatic nitrogens is 2. The van der Waals surface area contributed by atoms with Crippen molar-refractivity contribution in [1.82, 2.24) is 35.7 Å². The van der Waals surface area contributed by atoms with Gasteiger partial charge in [0.2, 0.25) is 35.4 Å². The van der Waals surface area contributed by atoms with Gasteiger partial charge in [0.1, 0.15) is 31.2 Å². The van der Waals surface area contributed by atoms with Gasteiger partial charge in [0.05, 0.1) is 47.6 Å². The molecule has 3 aromatic rings. The molecular formula is C43H50FN7O11. The quantitative estimate of drug-likeness (QED) is 0.0685. The van der Waals surface area contributed by atoms with Crippen molar-refractivity contribution in [2.24, 2.45) is 5.92 Å². The Bertz CT molecular complexity index is 2510. The summed E-state index contributed by atoms with van der Waals surface area (Å²) in [5.41, 5.74) is 1.52. The molecule has 18 nitrogen and oxygen atoms in total. The molecule has 1 aromatic carbocycles.